The molecule has 0 spiro atoms. The Morgan fingerprint density at radius 1 is 1.38 bits per heavy atom. The van der Waals surface area contributed by atoms with Crippen LogP contribution in [0.2, 0.25) is 0 Å². The normalized spacial score (nSPS) is 11.9. The molecule has 1 aromatic carbocycles. The maximum absolute atomic E-state index is 11.6. The molecule has 0 saturated carbocycles. The van der Waals surface area contributed by atoms with Crippen molar-refractivity contribution < 1.29 is 14.7 Å². The molecule has 0 aromatic heterocycles. The third-order valence-corrected chi connectivity index (χ3v) is 2.33. The molecule has 0 heterocycles. The number of benzene rings is 1. The summed E-state index contributed by atoms with van der Waals surface area (Å²) in [5.41, 5.74) is 1.68. The lowest BCUT2D eigenvalue weighted by Gasteiger charge is -2.11. The van der Waals surface area contributed by atoms with Gasteiger partial charge in [0.1, 0.15) is 0 Å². The molecule has 0 bridgehead atoms. The lowest BCUT2D eigenvalue weighted by Crippen LogP contribution is -2.23. The topological polar surface area (TPSA) is 66.4 Å². The molecule has 1 unspecified atom stereocenters. The minimum absolute atomic E-state index is 0.155. The predicted molar refractivity (Wildman–Crippen MR) is 61.2 cm³/mol. The molecule has 0 fully saturated rings. The number of anilines is 1. The third-order valence-electron chi connectivity index (χ3n) is 2.33. The highest BCUT2D eigenvalue weighted by atomic mass is 16.4. The van der Waals surface area contributed by atoms with Crippen molar-refractivity contribution in [2.75, 3.05) is 5.32 Å². The van der Waals surface area contributed by atoms with Gasteiger partial charge in [-0.25, -0.2) is 0 Å². The van der Waals surface area contributed by atoms with Crippen LogP contribution in [0, 0.1) is 12.8 Å². The van der Waals surface area contributed by atoms with Crippen molar-refractivity contribution in [2.45, 2.75) is 20.3 Å². The van der Waals surface area contributed by atoms with Crippen molar-refractivity contribution in [3.8, 4) is 0 Å². The minimum atomic E-state index is -0.965. The number of carboxylic acids is 1. The molecule has 0 radical (unpaired) electrons. The summed E-state index contributed by atoms with van der Waals surface area (Å²) in [7, 11) is 0. The highest BCUT2D eigenvalue weighted by molar-refractivity contribution is 5.94. The number of carboxylic acid groups (broad SMARTS) is 1. The lowest BCUT2D eigenvalue weighted by atomic mass is 10.1. The molecule has 0 saturated heterocycles. The summed E-state index contributed by atoms with van der Waals surface area (Å²) in [6, 6.07) is 7.38. The van der Waals surface area contributed by atoms with Gasteiger partial charge in [0.15, 0.2) is 0 Å². The molecule has 0 aliphatic carbocycles. The van der Waals surface area contributed by atoms with Gasteiger partial charge in [0.05, 0.1) is 6.42 Å². The van der Waals surface area contributed by atoms with E-state index in [0.29, 0.717) is 0 Å². The number of aryl methyl sites for hydroxylation is 1. The largest absolute Gasteiger partial charge is 0.481 e. The molecule has 4 nitrogen and oxygen atoms in total. The molecule has 1 atom stereocenters. The Morgan fingerprint density at radius 3 is 2.56 bits per heavy atom. The first-order valence-electron chi connectivity index (χ1n) is 5.09. The van der Waals surface area contributed by atoms with Gasteiger partial charge in [0, 0.05) is 11.6 Å². The molecule has 4 heteroatoms. The van der Waals surface area contributed by atoms with Gasteiger partial charge in [-0.1, -0.05) is 25.1 Å². The first kappa shape index (κ1) is 12.2. The van der Waals surface area contributed by atoms with E-state index in [1.807, 2.05) is 25.1 Å². The number of para-hydroxylation sites is 1. The zero-order valence-corrected chi connectivity index (χ0v) is 9.36. The fraction of sp³-hybridized carbons (Fsp3) is 0.333. The highest BCUT2D eigenvalue weighted by Gasteiger charge is 2.16. The van der Waals surface area contributed by atoms with Crippen LogP contribution in [0.25, 0.3) is 0 Å². The minimum Gasteiger partial charge on any atom is -0.481 e. The molecule has 1 amide bonds. The van der Waals surface area contributed by atoms with Crippen molar-refractivity contribution >= 4 is 17.6 Å². The number of carbonyl (C=O) groups excluding carboxylic acids is 1. The number of hydrogen-bond donors (Lipinski definition) is 2. The van der Waals surface area contributed by atoms with Crippen LogP contribution in [-0.2, 0) is 9.59 Å². The van der Waals surface area contributed by atoms with Crippen molar-refractivity contribution in [3.63, 3.8) is 0 Å². The van der Waals surface area contributed by atoms with Crippen LogP contribution in [0.5, 0.6) is 0 Å². The molecule has 16 heavy (non-hydrogen) atoms. The molecular weight excluding hydrogens is 206 g/mol. The van der Waals surface area contributed by atoms with Crippen LogP contribution >= 0.6 is 0 Å². The van der Waals surface area contributed by atoms with Crippen LogP contribution in [-0.4, -0.2) is 17.0 Å². The smallest absolute Gasteiger partial charge is 0.304 e. The van der Waals surface area contributed by atoms with Gasteiger partial charge in [0.2, 0.25) is 5.91 Å². The average Bonchev–Trinajstić information content (AvgIpc) is 2.20. The summed E-state index contributed by atoms with van der Waals surface area (Å²) >= 11 is 0. The summed E-state index contributed by atoms with van der Waals surface area (Å²) in [4.78, 5) is 22.1. The van der Waals surface area contributed by atoms with Crippen LogP contribution in [0.3, 0.4) is 0 Å². The number of nitrogens with one attached hydrogen (secondary N) is 1. The Balaban J connectivity index is 2.64. The number of rotatable bonds is 4. The Hall–Kier alpha value is -1.84. The van der Waals surface area contributed by atoms with E-state index in [0.717, 1.165) is 11.3 Å². The zero-order chi connectivity index (χ0) is 12.1. The van der Waals surface area contributed by atoms with Crippen LogP contribution in [0.15, 0.2) is 24.3 Å². The summed E-state index contributed by atoms with van der Waals surface area (Å²) in [5, 5.41) is 11.3. The number of aliphatic carboxylic acids is 1. The summed E-state index contributed by atoms with van der Waals surface area (Å²) in [5.74, 6) is -1.76. The maximum atomic E-state index is 11.6. The monoisotopic (exact) mass is 221 g/mol. The maximum Gasteiger partial charge on any atom is 0.304 e. The van der Waals surface area contributed by atoms with Crippen molar-refractivity contribution in [3.05, 3.63) is 29.8 Å². The van der Waals surface area contributed by atoms with E-state index in [-0.39, 0.29) is 12.3 Å². The Morgan fingerprint density at radius 2 is 2.00 bits per heavy atom. The van der Waals surface area contributed by atoms with Crippen molar-refractivity contribution in [1.29, 1.82) is 0 Å². The highest BCUT2D eigenvalue weighted by Crippen LogP contribution is 2.15. The van der Waals surface area contributed by atoms with Crippen LogP contribution in [0.4, 0.5) is 5.69 Å². The van der Waals surface area contributed by atoms with Gasteiger partial charge in [-0.15, -0.1) is 0 Å². The van der Waals surface area contributed by atoms with Gasteiger partial charge < -0.3 is 10.4 Å². The summed E-state index contributed by atoms with van der Waals surface area (Å²) in [6.45, 7) is 3.49. The van der Waals surface area contributed by atoms with E-state index in [4.69, 9.17) is 5.11 Å². The summed E-state index contributed by atoms with van der Waals surface area (Å²) < 4.78 is 0. The van der Waals surface area contributed by atoms with Crippen LogP contribution < -0.4 is 5.32 Å². The Bertz CT molecular complexity index is 401. The molecule has 0 aliphatic rings. The number of amides is 1. The average molecular weight is 221 g/mol. The van der Waals surface area contributed by atoms with Gasteiger partial charge in [-0.05, 0) is 18.6 Å². The predicted octanol–water partition coefficient (Wildman–Crippen LogP) is 2.04. The van der Waals surface area contributed by atoms with E-state index < -0.39 is 11.9 Å². The standard InChI is InChI=1S/C12H15NO3/c1-8-5-3-4-6-10(8)13-12(16)9(2)7-11(14)15/h3-6,9H,7H2,1-2H3,(H,13,16)(H,14,15). The summed E-state index contributed by atoms with van der Waals surface area (Å²) in [6.07, 6.45) is -0.155. The molecule has 0 aliphatic heterocycles. The van der Waals surface area contributed by atoms with E-state index >= 15 is 0 Å². The third kappa shape index (κ3) is 3.38. The second kappa shape index (κ2) is 5.30. The molecule has 86 valence electrons. The van der Waals surface area contributed by atoms with Gasteiger partial charge in [0.25, 0.3) is 0 Å². The van der Waals surface area contributed by atoms with E-state index in [1.165, 1.54) is 0 Å². The first-order chi connectivity index (χ1) is 7.50. The molecule has 1 rings (SSSR count). The SMILES string of the molecule is Cc1ccccc1NC(=O)C(C)CC(=O)O. The van der Waals surface area contributed by atoms with E-state index in [9.17, 15) is 9.59 Å². The van der Waals surface area contributed by atoms with Gasteiger partial charge in [-0.2, -0.15) is 0 Å². The van der Waals surface area contributed by atoms with Gasteiger partial charge in [-0.3, -0.25) is 9.59 Å². The van der Waals surface area contributed by atoms with E-state index in [1.54, 1.807) is 13.0 Å². The zero-order valence-electron chi connectivity index (χ0n) is 9.36. The number of hydrogen-bond acceptors (Lipinski definition) is 2. The fourth-order valence-electron chi connectivity index (χ4n) is 1.32. The fourth-order valence-corrected chi connectivity index (χ4v) is 1.32. The molecular formula is C12H15NO3. The second-order valence-electron chi connectivity index (χ2n) is 3.80. The lowest BCUT2D eigenvalue weighted by molar-refractivity contribution is -0.139. The molecule has 2 N–H and O–H groups in total. The van der Waals surface area contributed by atoms with Crippen molar-refractivity contribution in [1.82, 2.24) is 0 Å². The molecule has 1 aromatic rings. The van der Waals surface area contributed by atoms with Crippen LogP contribution in [0.1, 0.15) is 18.9 Å². The number of carbonyl (C=O) groups is 2. The van der Waals surface area contributed by atoms with Crippen molar-refractivity contribution in [2.24, 2.45) is 5.92 Å². The Labute approximate surface area is 94.3 Å². The second-order valence-corrected chi connectivity index (χ2v) is 3.80. The van der Waals surface area contributed by atoms with E-state index in [2.05, 4.69) is 5.32 Å². The first-order valence-corrected chi connectivity index (χ1v) is 5.09. The Kier molecular flexibility index (Phi) is 4.05. The quantitative estimate of drug-likeness (QED) is 0.817. The van der Waals surface area contributed by atoms with Gasteiger partial charge >= 0.3 is 5.97 Å².